The maximum Gasteiger partial charge on any atom is 0.101 e. The number of unbranched alkanes of at least 4 members (excludes halogenated alkanes) is 8. The molecule has 0 aliphatic carbocycles. The van der Waals surface area contributed by atoms with Gasteiger partial charge in [-0.05, 0) is 12.8 Å². The van der Waals surface area contributed by atoms with E-state index < -0.39 is 5.97 Å². The SMILES string of the molecule is CCCCCCCCCCCC(=O)[O-].C[N+](C)(C)CCO. The predicted molar refractivity (Wildman–Crippen MR) is 86.8 cm³/mol. The number of aliphatic hydroxyl groups excluding tert-OH is 1. The van der Waals surface area contributed by atoms with Crippen molar-refractivity contribution < 1.29 is 19.5 Å². The van der Waals surface area contributed by atoms with Crippen LogP contribution in [-0.2, 0) is 4.79 Å². The second kappa shape index (κ2) is 15.8. The molecular formula is C17H37NO3. The Morgan fingerprint density at radius 3 is 1.62 bits per heavy atom. The minimum atomic E-state index is -0.909. The van der Waals surface area contributed by atoms with Gasteiger partial charge in [0.25, 0.3) is 0 Å². The van der Waals surface area contributed by atoms with Crippen molar-refractivity contribution in [3.8, 4) is 0 Å². The predicted octanol–water partition coefficient (Wildman–Crippen LogP) is 2.34. The number of nitrogens with zero attached hydrogens (tertiary/aromatic N) is 1. The molecule has 4 heteroatoms. The van der Waals surface area contributed by atoms with Crippen LogP contribution >= 0.6 is 0 Å². The largest absolute Gasteiger partial charge is 0.550 e. The van der Waals surface area contributed by atoms with E-state index in [1.165, 1.54) is 44.9 Å². The molecule has 0 unspecified atom stereocenters. The van der Waals surface area contributed by atoms with Crippen molar-refractivity contribution in [1.29, 1.82) is 0 Å². The summed E-state index contributed by atoms with van der Waals surface area (Å²) in [6.45, 7) is 3.34. The van der Waals surface area contributed by atoms with Crippen molar-refractivity contribution in [2.24, 2.45) is 0 Å². The maximum atomic E-state index is 10.1. The molecule has 0 bridgehead atoms. The third-order valence-corrected chi connectivity index (χ3v) is 3.26. The molecule has 21 heavy (non-hydrogen) atoms. The van der Waals surface area contributed by atoms with E-state index in [0.29, 0.717) is 0 Å². The first-order valence-electron chi connectivity index (χ1n) is 8.44. The molecule has 0 amide bonds. The summed E-state index contributed by atoms with van der Waals surface area (Å²) in [5.41, 5.74) is 0. The standard InChI is InChI=1S/C12H24O2.C5H14NO/c1-2-3-4-5-6-7-8-9-10-11-12(13)14;1-6(2,3)4-5-7/h2-11H2,1H3,(H,13,14);7H,4-5H2,1-3H3/q;+1/p-1. The van der Waals surface area contributed by atoms with Gasteiger partial charge in [0.1, 0.15) is 6.54 Å². The molecule has 0 saturated heterocycles. The second-order valence-electron chi connectivity index (χ2n) is 6.69. The highest BCUT2D eigenvalue weighted by atomic mass is 16.4. The number of likely N-dealkylation sites (N-methyl/N-ethyl adjacent to an activating group) is 1. The summed E-state index contributed by atoms with van der Waals surface area (Å²) in [7, 11) is 6.16. The van der Waals surface area contributed by atoms with Crippen LogP contribution in [0.2, 0.25) is 0 Å². The van der Waals surface area contributed by atoms with Crippen LogP contribution in [0.3, 0.4) is 0 Å². The average Bonchev–Trinajstić information content (AvgIpc) is 2.36. The Morgan fingerprint density at radius 1 is 0.905 bits per heavy atom. The Balaban J connectivity index is 0. The van der Waals surface area contributed by atoms with Gasteiger partial charge in [-0.2, -0.15) is 0 Å². The number of aliphatic hydroxyl groups is 1. The summed E-state index contributed by atoms with van der Waals surface area (Å²) in [4.78, 5) is 10.1. The summed E-state index contributed by atoms with van der Waals surface area (Å²) in [6.07, 6.45) is 11.2. The Morgan fingerprint density at radius 2 is 1.33 bits per heavy atom. The highest BCUT2D eigenvalue weighted by Crippen LogP contribution is 2.10. The van der Waals surface area contributed by atoms with Crippen molar-refractivity contribution in [2.75, 3.05) is 34.3 Å². The van der Waals surface area contributed by atoms with Gasteiger partial charge in [-0.15, -0.1) is 0 Å². The third kappa shape index (κ3) is 28.3. The number of carbonyl (C=O) groups excluding carboxylic acids is 1. The van der Waals surface area contributed by atoms with Gasteiger partial charge in [0, 0.05) is 5.97 Å². The number of carboxylic acids is 1. The van der Waals surface area contributed by atoms with Gasteiger partial charge in [0.2, 0.25) is 0 Å². The van der Waals surface area contributed by atoms with Crippen LogP contribution in [-0.4, -0.2) is 49.9 Å². The van der Waals surface area contributed by atoms with E-state index in [2.05, 4.69) is 28.1 Å². The molecule has 0 spiro atoms. The lowest BCUT2D eigenvalue weighted by Crippen LogP contribution is -2.36. The molecule has 4 nitrogen and oxygen atoms in total. The van der Waals surface area contributed by atoms with Crippen LogP contribution in [0.4, 0.5) is 0 Å². The zero-order chi connectivity index (χ0) is 16.6. The number of aliphatic carboxylic acids is 1. The highest BCUT2D eigenvalue weighted by molar-refractivity contribution is 5.63. The summed E-state index contributed by atoms with van der Waals surface area (Å²) >= 11 is 0. The Kier molecular flexibility index (Phi) is 17.0. The Hall–Kier alpha value is -0.610. The van der Waals surface area contributed by atoms with E-state index in [1.807, 2.05) is 0 Å². The minimum absolute atomic E-state index is 0.232. The summed E-state index contributed by atoms with van der Waals surface area (Å²) in [6, 6.07) is 0. The molecule has 0 saturated carbocycles. The maximum absolute atomic E-state index is 10.1. The Bertz CT molecular complexity index is 225. The van der Waals surface area contributed by atoms with Crippen molar-refractivity contribution in [1.82, 2.24) is 0 Å². The number of carbonyl (C=O) groups is 1. The molecule has 0 aromatic rings. The lowest BCUT2D eigenvalue weighted by Gasteiger charge is -2.21. The summed E-state index contributed by atoms with van der Waals surface area (Å²) in [5, 5.41) is 18.5. The van der Waals surface area contributed by atoms with Crippen LogP contribution in [0.15, 0.2) is 0 Å². The van der Waals surface area contributed by atoms with Gasteiger partial charge in [-0.3, -0.25) is 0 Å². The van der Waals surface area contributed by atoms with Crippen molar-refractivity contribution in [3.63, 3.8) is 0 Å². The number of rotatable bonds is 12. The number of quaternary nitrogens is 1. The topological polar surface area (TPSA) is 60.4 Å². The molecule has 0 heterocycles. The quantitative estimate of drug-likeness (QED) is 0.445. The Labute approximate surface area is 131 Å². The van der Waals surface area contributed by atoms with Gasteiger partial charge in [0.15, 0.2) is 0 Å². The van der Waals surface area contributed by atoms with Crippen LogP contribution in [0.25, 0.3) is 0 Å². The minimum Gasteiger partial charge on any atom is -0.550 e. The first kappa shape index (κ1) is 22.7. The number of carboxylic acid groups (broad SMARTS) is 1. The molecule has 1 N–H and O–H groups in total. The number of hydrogen-bond acceptors (Lipinski definition) is 3. The lowest BCUT2D eigenvalue weighted by molar-refractivity contribution is -0.870. The molecule has 0 aliphatic rings. The smallest absolute Gasteiger partial charge is 0.101 e. The molecule has 0 aromatic carbocycles. The normalized spacial score (nSPS) is 10.9. The molecule has 0 fully saturated rings. The van der Waals surface area contributed by atoms with E-state index in [1.54, 1.807) is 0 Å². The molecular weight excluding hydrogens is 266 g/mol. The van der Waals surface area contributed by atoms with E-state index in [4.69, 9.17) is 5.11 Å². The van der Waals surface area contributed by atoms with E-state index in [9.17, 15) is 9.90 Å². The van der Waals surface area contributed by atoms with Gasteiger partial charge in [-0.1, -0.05) is 58.3 Å². The first-order valence-corrected chi connectivity index (χ1v) is 8.44. The van der Waals surface area contributed by atoms with Crippen LogP contribution < -0.4 is 5.11 Å². The molecule has 0 aromatic heterocycles. The van der Waals surface area contributed by atoms with Crippen LogP contribution in [0.1, 0.15) is 71.1 Å². The van der Waals surface area contributed by atoms with Gasteiger partial charge >= 0.3 is 0 Å². The van der Waals surface area contributed by atoms with Gasteiger partial charge in [-0.25, -0.2) is 0 Å². The third-order valence-electron chi connectivity index (χ3n) is 3.26. The molecule has 0 radical (unpaired) electrons. The van der Waals surface area contributed by atoms with Crippen LogP contribution in [0, 0.1) is 0 Å². The number of hydrogen-bond donors (Lipinski definition) is 1. The van der Waals surface area contributed by atoms with Crippen molar-refractivity contribution >= 4 is 5.97 Å². The molecule has 0 aliphatic heterocycles. The average molecular weight is 303 g/mol. The van der Waals surface area contributed by atoms with E-state index in [-0.39, 0.29) is 13.0 Å². The monoisotopic (exact) mass is 303 g/mol. The molecule has 0 rings (SSSR count). The zero-order valence-corrected chi connectivity index (χ0v) is 14.7. The van der Waals surface area contributed by atoms with Crippen LogP contribution in [0.5, 0.6) is 0 Å². The molecule has 128 valence electrons. The zero-order valence-electron chi connectivity index (χ0n) is 14.7. The fraction of sp³-hybridized carbons (Fsp3) is 0.941. The fourth-order valence-electron chi connectivity index (χ4n) is 1.88. The lowest BCUT2D eigenvalue weighted by atomic mass is 10.1. The first-order chi connectivity index (χ1) is 9.83. The van der Waals surface area contributed by atoms with E-state index >= 15 is 0 Å². The van der Waals surface area contributed by atoms with Gasteiger partial charge in [0.05, 0.1) is 27.7 Å². The van der Waals surface area contributed by atoms with Crippen molar-refractivity contribution in [3.05, 3.63) is 0 Å². The fourth-order valence-corrected chi connectivity index (χ4v) is 1.88. The van der Waals surface area contributed by atoms with Gasteiger partial charge < -0.3 is 19.5 Å². The highest BCUT2D eigenvalue weighted by Gasteiger charge is 2.02. The molecule has 0 atom stereocenters. The summed E-state index contributed by atoms with van der Waals surface area (Å²) < 4.78 is 0.844. The van der Waals surface area contributed by atoms with E-state index in [0.717, 1.165) is 23.9 Å². The second-order valence-corrected chi connectivity index (χ2v) is 6.69. The summed E-state index contributed by atoms with van der Waals surface area (Å²) in [5.74, 6) is -0.909. The van der Waals surface area contributed by atoms with Crippen molar-refractivity contribution in [2.45, 2.75) is 71.1 Å².